The van der Waals surface area contributed by atoms with Crippen molar-refractivity contribution in [3.63, 3.8) is 0 Å². The molecule has 2 N–H and O–H groups in total. The second-order valence-corrected chi connectivity index (χ2v) is 5.14. The molecule has 0 aromatic heterocycles. The molecule has 5 nitrogen and oxygen atoms in total. The van der Waals surface area contributed by atoms with E-state index in [-0.39, 0.29) is 18.4 Å². The van der Waals surface area contributed by atoms with Gasteiger partial charge in [-0.05, 0) is 18.8 Å². The monoisotopic (exact) mass is 256 g/mol. The summed E-state index contributed by atoms with van der Waals surface area (Å²) >= 11 is 0. The smallest absolute Gasteiger partial charge is 0.317 e. The summed E-state index contributed by atoms with van der Waals surface area (Å²) < 4.78 is 0. The van der Waals surface area contributed by atoms with Crippen molar-refractivity contribution in [1.82, 2.24) is 10.2 Å². The Labute approximate surface area is 109 Å². The van der Waals surface area contributed by atoms with E-state index in [4.69, 9.17) is 5.11 Å². The van der Waals surface area contributed by atoms with Crippen LogP contribution in [-0.2, 0) is 4.79 Å². The van der Waals surface area contributed by atoms with Crippen LogP contribution in [-0.4, -0.2) is 41.6 Å². The zero-order valence-corrected chi connectivity index (χ0v) is 11.2. The number of carbonyl (C=O) groups excluding carboxylic acids is 1. The normalized spacial score (nSPS) is 18.6. The Morgan fingerprint density at radius 3 is 2.28 bits per heavy atom. The lowest BCUT2D eigenvalue weighted by atomic mass is 10.1. The van der Waals surface area contributed by atoms with Gasteiger partial charge in [-0.15, -0.1) is 0 Å². The molecule has 5 heteroatoms. The van der Waals surface area contributed by atoms with Crippen LogP contribution in [0.15, 0.2) is 0 Å². The molecule has 1 saturated heterocycles. The minimum Gasteiger partial charge on any atom is -0.481 e. The number of nitrogens with zero attached hydrogens (tertiary/aromatic N) is 1. The molecular formula is C13H24N2O3. The lowest BCUT2D eigenvalue weighted by Crippen LogP contribution is -2.43. The molecule has 0 aromatic carbocycles. The number of carboxylic acids is 1. The molecule has 1 rings (SSSR count). The van der Waals surface area contributed by atoms with E-state index in [0.717, 1.165) is 25.9 Å². The molecule has 0 bridgehead atoms. The maximum Gasteiger partial charge on any atom is 0.317 e. The predicted molar refractivity (Wildman–Crippen MR) is 69.5 cm³/mol. The molecule has 0 saturated carbocycles. The fourth-order valence-corrected chi connectivity index (χ4v) is 2.19. The molecule has 1 heterocycles. The van der Waals surface area contributed by atoms with Gasteiger partial charge in [-0.1, -0.05) is 26.2 Å². The maximum atomic E-state index is 11.9. The van der Waals surface area contributed by atoms with Gasteiger partial charge in [-0.3, -0.25) is 4.79 Å². The summed E-state index contributed by atoms with van der Waals surface area (Å²) in [6.45, 7) is 3.90. The van der Waals surface area contributed by atoms with Crippen LogP contribution in [0.1, 0.15) is 45.4 Å². The Bertz CT molecular complexity index is 273. The number of carboxylic acid groups (broad SMARTS) is 1. The summed E-state index contributed by atoms with van der Waals surface area (Å²) in [6, 6.07) is -0.0471. The van der Waals surface area contributed by atoms with Gasteiger partial charge >= 0.3 is 12.0 Å². The summed E-state index contributed by atoms with van der Waals surface area (Å²) in [6.07, 6.45) is 5.89. The first-order chi connectivity index (χ1) is 8.59. The highest BCUT2D eigenvalue weighted by atomic mass is 16.4. The molecule has 0 spiro atoms. The van der Waals surface area contributed by atoms with Crippen LogP contribution in [0.5, 0.6) is 0 Å². The lowest BCUT2D eigenvalue weighted by Gasteiger charge is -2.25. The summed E-state index contributed by atoms with van der Waals surface area (Å²) in [4.78, 5) is 24.3. The Kier molecular flexibility index (Phi) is 6.54. The Hall–Kier alpha value is -1.26. The van der Waals surface area contributed by atoms with Crippen molar-refractivity contribution in [3.8, 4) is 0 Å². The van der Waals surface area contributed by atoms with Gasteiger partial charge < -0.3 is 15.3 Å². The van der Waals surface area contributed by atoms with E-state index >= 15 is 0 Å². The van der Waals surface area contributed by atoms with Gasteiger partial charge in [-0.25, -0.2) is 4.79 Å². The second-order valence-electron chi connectivity index (χ2n) is 5.14. The molecule has 1 fully saturated rings. The van der Waals surface area contributed by atoms with Crippen molar-refractivity contribution < 1.29 is 14.7 Å². The van der Waals surface area contributed by atoms with Gasteiger partial charge in [0.05, 0.1) is 0 Å². The van der Waals surface area contributed by atoms with E-state index in [0.29, 0.717) is 6.54 Å². The van der Waals surface area contributed by atoms with Gasteiger partial charge in [0.2, 0.25) is 0 Å². The number of amides is 2. The number of carbonyl (C=O) groups is 2. The summed E-state index contributed by atoms with van der Waals surface area (Å²) in [5.41, 5.74) is 0. The first-order valence-electron chi connectivity index (χ1n) is 6.84. The fourth-order valence-electron chi connectivity index (χ4n) is 2.19. The van der Waals surface area contributed by atoms with Crippen LogP contribution in [0.4, 0.5) is 4.79 Å². The quantitative estimate of drug-likeness (QED) is 0.809. The molecule has 1 unspecified atom stereocenters. The van der Waals surface area contributed by atoms with Crippen LogP contribution in [0, 0.1) is 5.92 Å². The molecule has 1 aliphatic rings. The van der Waals surface area contributed by atoms with Crippen molar-refractivity contribution >= 4 is 12.0 Å². The lowest BCUT2D eigenvalue weighted by molar-refractivity contribution is -0.137. The largest absolute Gasteiger partial charge is 0.481 e. The summed E-state index contributed by atoms with van der Waals surface area (Å²) in [5, 5.41) is 11.5. The highest BCUT2D eigenvalue weighted by Gasteiger charge is 2.15. The molecular weight excluding hydrogens is 232 g/mol. The van der Waals surface area contributed by atoms with Gasteiger partial charge in [0.15, 0.2) is 0 Å². The molecule has 0 aliphatic carbocycles. The number of likely N-dealkylation sites (tertiary alicyclic amines) is 1. The van der Waals surface area contributed by atoms with Gasteiger partial charge in [0, 0.05) is 26.1 Å². The molecule has 104 valence electrons. The third-order valence-corrected chi connectivity index (χ3v) is 3.27. The van der Waals surface area contributed by atoms with Crippen molar-refractivity contribution in [2.75, 3.05) is 19.6 Å². The van der Waals surface area contributed by atoms with Crippen LogP contribution in [0.2, 0.25) is 0 Å². The van der Waals surface area contributed by atoms with Crippen LogP contribution < -0.4 is 5.32 Å². The number of nitrogens with one attached hydrogen (secondary N) is 1. The minimum absolute atomic E-state index is 0.0267. The van der Waals surface area contributed by atoms with Gasteiger partial charge in [0.25, 0.3) is 0 Å². The molecule has 2 amide bonds. The van der Waals surface area contributed by atoms with Crippen molar-refractivity contribution in [1.29, 1.82) is 0 Å². The van der Waals surface area contributed by atoms with E-state index in [1.54, 1.807) is 0 Å². The number of aliphatic carboxylic acids is 1. The molecule has 1 atom stereocenters. The fraction of sp³-hybridized carbons (Fsp3) is 0.846. The van der Waals surface area contributed by atoms with E-state index in [9.17, 15) is 9.59 Å². The van der Waals surface area contributed by atoms with E-state index in [2.05, 4.69) is 5.32 Å². The first-order valence-corrected chi connectivity index (χ1v) is 6.84. The second kappa shape index (κ2) is 7.95. The first kappa shape index (κ1) is 14.8. The van der Waals surface area contributed by atoms with Gasteiger partial charge in [-0.2, -0.15) is 0 Å². The summed E-state index contributed by atoms with van der Waals surface area (Å²) in [5.74, 6) is -0.843. The Morgan fingerprint density at radius 1 is 1.17 bits per heavy atom. The van der Waals surface area contributed by atoms with Crippen LogP contribution in [0.25, 0.3) is 0 Å². The SMILES string of the molecule is CC(CNC(=O)N1CCCCCCC1)CC(=O)O. The highest BCUT2D eigenvalue weighted by molar-refractivity contribution is 5.74. The van der Waals surface area contributed by atoms with E-state index in [1.807, 2.05) is 11.8 Å². The van der Waals surface area contributed by atoms with Gasteiger partial charge in [0.1, 0.15) is 0 Å². The number of rotatable bonds is 4. The van der Waals surface area contributed by atoms with Crippen LogP contribution in [0.3, 0.4) is 0 Å². The standard InChI is InChI=1S/C13H24N2O3/c1-11(9-12(16)17)10-14-13(18)15-7-5-3-2-4-6-8-15/h11H,2-10H2,1H3,(H,14,18)(H,16,17). The minimum atomic E-state index is -0.817. The van der Waals surface area contributed by atoms with Crippen LogP contribution >= 0.6 is 0 Å². The van der Waals surface area contributed by atoms with Crippen molar-refractivity contribution in [2.45, 2.75) is 45.4 Å². The number of urea groups is 1. The molecule has 0 aromatic rings. The predicted octanol–water partition coefficient (Wildman–Crippen LogP) is 2.07. The third-order valence-electron chi connectivity index (χ3n) is 3.27. The number of hydrogen-bond donors (Lipinski definition) is 2. The average Bonchev–Trinajstić information content (AvgIpc) is 2.24. The summed E-state index contributed by atoms with van der Waals surface area (Å²) in [7, 11) is 0. The molecule has 1 aliphatic heterocycles. The Morgan fingerprint density at radius 2 is 1.72 bits per heavy atom. The van der Waals surface area contributed by atoms with E-state index in [1.165, 1.54) is 19.3 Å². The third kappa shape index (κ3) is 5.89. The van der Waals surface area contributed by atoms with Crippen molar-refractivity contribution in [3.05, 3.63) is 0 Å². The maximum absolute atomic E-state index is 11.9. The number of hydrogen-bond acceptors (Lipinski definition) is 2. The molecule has 18 heavy (non-hydrogen) atoms. The average molecular weight is 256 g/mol. The van der Waals surface area contributed by atoms with Crippen molar-refractivity contribution in [2.24, 2.45) is 5.92 Å². The van der Waals surface area contributed by atoms with E-state index < -0.39 is 5.97 Å². The topological polar surface area (TPSA) is 69.6 Å². The zero-order valence-electron chi connectivity index (χ0n) is 11.2. The zero-order chi connectivity index (χ0) is 13.4. The highest BCUT2D eigenvalue weighted by Crippen LogP contribution is 2.10. The molecule has 0 radical (unpaired) electrons. The Balaban J connectivity index is 2.27.